The number of carbonyl (C=O) groups is 3. The van der Waals surface area contributed by atoms with Crippen LogP contribution in [0.4, 0.5) is 16.2 Å². The molecule has 43 heavy (non-hydrogen) atoms. The van der Waals surface area contributed by atoms with Crippen LogP contribution in [0.1, 0.15) is 35.8 Å². The largest absolute Gasteiger partial charge is 0.461 e. The normalized spacial score (nSPS) is 13.0. The number of hydrogen-bond donors (Lipinski definition) is 2. The van der Waals surface area contributed by atoms with Crippen molar-refractivity contribution in [3.63, 3.8) is 0 Å². The van der Waals surface area contributed by atoms with Crippen LogP contribution in [0.2, 0.25) is 10.0 Å². The van der Waals surface area contributed by atoms with Gasteiger partial charge in [0.15, 0.2) is 5.69 Å². The Balaban J connectivity index is 1.71. The molecule has 0 saturated heterocycles. The van der Waals surface area contributed by atoms with E-state index < -0.39 is 33.6 Å². The maximum atomic E-state index is 14.0. The number of para-hydroxylation sites is 2. The number of nitrogens with two attached hydrogens (primary N) is 1. The lowest BCUT2D eigenvalue weighted by atomic mass is 10.0. The summed E-state index contributed by atoms with van der Waals surface area (Å²) in [6.07, 6.45) is 1.52. The van der Waals surface area contributed by atoms with Gasteiger partial charge in [-0.2, -0.15) is 0 Å². The first-order valence-corrected chi connectivity index (χ1v) is 15.4. The molecule has 1 heterocycles. The van der Waals surface area contributed by atoms with Gasteiger partial charge in [0.05, 0.1) is 33.4 Å². The highest BCUT2D eigenvalue weighted by molar-refractivity contribution is 7.90. The van der Waals surface area contributed by atoms with Gasteiger partial charge in [-0.3, -0.25) is 9.69 Å². The minimum absolute atomic E-state index is 0.0203. The Labute approximate surface area is 257 Å². The number of fused-ring (bicyclic) bond motifs is 1. The number of esters is 1. The molecule has 1 fully saturated rings. The molecule has 10 nitrogen and oxygen atoms in total. The third-order valence-electron chi connectivity index (χ3n) is 6.83. The number of rotatable bonds is 9. The first kappa shape index (κ1) is 30.1. The molecule has 0 bridgehead atoms. The van der Waals surface area contributed by atoms with Crippen LogP contribution in [0.5, 0.6) is 0 Å². The molecule has 4 aromatic rings. The van der Waals surface area contributed by atoms with Crippen molar-refractivity contribution in [3.05, 3.63) is 94.6 Å². The van der Waals surface area contributed by atoms with Crippen LogP contribution in [-0.2, 0) is 19.6 Å². The van der Waals surface area contributed by atoms with E-state index in [9.17, 15) is 22.8 Å². The molecular formula is C30H26Cl2N4O6S. The smallest absolute Gasteiger partial charge is 0.356 e. The molecule has 5 rings (SSSR count). The van der Waals surface area contributed by atoms with Crippen LogP contribution in [0.3, 0.4) is 0 Å². The fourth-order valence-corrected chi connectivity index (χ4v) is 6.96. The lowest BCUT2D eigenvalue weighted by Gasteiger charge is -2.23. The van der Waals surface area contributed by atoms with Crippen LogP contribution in [-0.4, -0.2) is 42.9 Å². The van der Waals surface area contributed by atoms with Crippen molar-refractivity contribution in [2.24, 2.45) is 5.73 Å². The first-order valence-electron chi connectivity index (χ1n) is 13.2. The number of hydrogen-bond acceptors (Lipinski definition) is 6. The van der Waals surface area contributed by atoms with Gasteiger partial charge in [-0.05, 0) is 56.2 Å². The quantitative estimate of drug-likeness (QED) is 0.168. The maximum absolute atomic E-state index is 14.0. The van der Waals surface area contributed by atoms with Crippen LogP contribution in [0.15, 0.2) is 78.2 Å². The number of primary amides is 1. The molecule has 0 atom stereocenters. The van der Waals surface area contributed by atoms with E-state index in [0.29, 0.717) is 5.69 Å². The average Bonchev–Trinajstić information content (AvgIpc) is 3.73. The summed E-state index contributed by atoms with van der Waals surface area (Å²) in [4.78, 5) is 40.8. The molecule has 1 aliphatic rings. The minimum atomic E-state index is -4.45. The molecule has 0 radical (unpaired) electrons. The van der Waals surface area contributed by atoms with Crippen molar-refractivity contribution < 1.29 is 27.5 Å². The van der Waals surface area contributed by atoms with E-state index in [1.165, 1.54) is 41.3 Å². The molecule has 0 unspecified atom stereocenters. The zero-order valence-corrected chi connectivity index (χ0v) is 25.2. The van der Waals surface area contributed by atoms with Crippen molar-refractivity contribution in [1.82, 2.24) is 3.97 Å². The Morgan fingerprint density at radius 2 is 1.72 bits per heavy atom. The van der Waals surface area contributed by atoms with E-state index in [1.807, 2.05) is 0 Å². The van der Waals surface area contributed by atoms with Crippen LogP contribution >= 0.6 is 23.2 Å². The van der Waals surface area contributed by atoms with Crippen LogP contribution in [0.25, 0.3) is 16.5 Å². The molecule has 222 valence electrons. The Morgan fingerprint density at radius 3 is 2.35 bits per heavy atom. The summed E-state index contributed by atoms with van der Waals surface area (Å²) in [6, 6.07) is 15.9. The summed E-state index contributed by atoms with van der Waals surface area (Å²) < 4.78 is 34.1. The summed E-state index contributed by atoms with van der Waals surface area (Å²) >= 11 is 12.9. The fourth-order valence-electron chi connectivity index (χ4n) is 4.86. The second kappa shape index (κ2) is 11.8. The minimum Gasteiger partial charge on any atom is -0.461 e. The van der Waals surface area contributed by atoms with Gasteiger partial charge in [0.1, 0.15) is 0 Å². The number of ether oxygens (including phenoxy) is 1. The lowest BCUT2D eigenvalue weighted by molar-refractivity contribution is -0.111. The van der Waals surface area contributed by atoms with Gasteiger partial charge in [-0.25, -0.2) is 22.0 Å². The first-order chi connectivity index (χ1) is 20.5. The number of anilines is 2. The molecule has 3 aromatic carbocycles. The molecule has 0 aliphatic heterocycles. The second-order valence-electron chi connectivity index (χ2n) is 9.70. The number of amides is 3. The van der Waals surface area contributed by atoms with E-state index in [4.69, 9.17) is 33.7 Å². The van der Waals surface area contributed by atoms with Gasteiger partial charge in [-0.1, -0.05) is 60.1 Å². The summed E-state index contributed by atoms with van der Waals surface area (Å²) in [6.45, 7) is 5.41. The number of benzene rings is 3. The van der Waals surface area contributed by atoms with E-state index >= 15 is 0 Å². The van der Waals surface area contributed by atoms with Crippen molar-refractivity contribution in [1.29, 1.82) is 0 Å². The number of carbonyl (C=O) groups excluding carboxylic acids is 3. The molecular weight excluding hydrogens is 615 g/mol. The Kier molecular flexibility index (Phi) is 8.24. The molecule has 3 N–H and O–H groups in total. The molecule has 3 amide bonds. The van der Waals surface area contributed by atoms with Crippen LogP contribution in [0, 0.1) is 0 Å². The van der Waals surface area contributed by atoms with Gasteiger partial charge in [0.2, 0.25) is 0 Å². The summed E-state index contributed by atoms with van der Waals surface area (Å²) in [5.41, 5.74) is 5.31. The second-order valence-corrected chi connectivity index (χ2v) is 12.3. The predicted octanol–water partition coefficient (Wildman–Crippen LogP) is 6.06. The number of urea groups is 1. The average molecular weight is 642 g/mol. The Morgan fingerprint density at radius 1 is 1.07 bits per heavy atom. The number of aromatic nitrogens is 1. The summed E-state index contributed by atoms with van der Waals surface area (Å²) in [7, 11) is -4.45. The number of nitrogens with one attached hydrogen (secondary N) is 1. The molecule has 1 saturated carbocycles. The highest BCUT2D eigenvalue weighted by atomic mass is 35.5. The predicted molar refractivity (Wildman–Crippen MR) is 166 cm³/mol. The van der Waals surface area contributed by atoms with Gasteiger partial charge in [0, 0.05) is 27.6 Å². The maximum Gasteiger partial charge on any atom is 0.356 e. The van der Waals surface area contributed by atoms with E-state index in [1.54, 1.807) is 37.3 Å². The third-order valence-corrected chi connectivity index (χ3v) is 9.07. The zero-order chi connectivity index (χ0) is 31.1. The van der Waals surface area contributed by atoms with Crippen molar-refractivity contribution in [2.45, 2.75) is 30.7 Å². The fraction of sp³-hybridized carbons (Fsp3) is 0.167. The van der Waals surface area contributed by atoms with Crippen molar-refractivity contribution >= 4 is 79.0 Å². The highest BCUT2D eigenvalue weighted by Crippen LogP contribution is 2.41. The molecule has 13 heteroatoms. The van der Waals surface area contributed by atoms with Gasteiger partial charge in [-0.15, -0.1) is 0 Å². The van der Waals surface area contributed by atoms with Gasteiger partial charge < -0.3 is 15.8 Å². The van der Waals surface area contributed by atoms with E-state index in [2.05, 4.69) is 11.9 Å². The monoisotopic (exact) mass is 640 g/mol. The summed E-state index contributed by atoms with van der Waals surface area (Å²) in [5, 5.41) is 2.86. The third kappa shape index (κ3) is 5.58. The van der Waals surface area contributed by atoms with Gasteiger partial charge >= 0.3 is 12.0 Å². The standard InChI is InChI=1S/C30H26Cl2N4O6S/c1-3-42-29(38)27-25(17(2)28(37)34-22-11-7-8-12-23(22)35(30(33)39)19-13-14-19)26-21(32)15-18(31)16-24(26)36(27)43(40,41)20-9-5-4-6-10-20/h4-12,15-16,19H,2-3,13-14H2,1H3,(H2,33,39)(H,34,37). The molecule has 0 spiro atoms. The van der Waals surface area contributed by atoms with Crippen LogP contribution < -0.4 is 16.0 Å². The number of halogens is 2. The topological polar surface area (TPSA) is 141 Å². The van der Waals surface area contributed by atoms with Gasteiger partial charge in [0.25, 0.3) is 15.9 Å². The summed E-state index contributed by atoms with van der Waals surface area (Å²) in [5.74, 6) is -1.82. The Hall–Kier alpha value is -4.32. The Bertz CT molecular complexity index is 1900. The number of nitrogens with zero attached hydrogens (tertiary/aromatic N) is 2. The van der Waals surface area contributed by atoms with E-state index in [0.717, 1.165) is 16.8 Å². The SMILES string of the molecule is C=C(C(=O)Nc1ccccc1N(C(N)=O)C1CC1)c1c(C(=O)OCC)n(S(=O)(=O)c2ccccc2)c2cc(Cl)cc(Cl)c12. The van der Waals surface area contributed by atoms with Crippen molar-refractivity contribution in [3.8, 4) is 0 Å². The molecule has 1 aromatic heterocycles. The highest BCUT2D eigenvalue weighted by Gasteiger charge is 2.36. The van der Waals surface area contributed by atoms with Crippen molar-refractivity contribution in [2.75, 3.05) is 16.8 Å². The zero-order valence-electron chi connectivity index (χ0n) is 22.8. The molecule has 1 aliphatic carbocycles. The lowest BCUT2D eigenvalue weighted by Crippen LogP contribution is -2.38. The van der Waals surface area contributed by atoms with E-state index in [-0.39, 0.29) is 55.3 Å².